The van der Waals surface area contributed by atoms with Gasteiger partial charge >= 0.3 is 0 Å². The van der Waals surface area contributed by atoms with Gasteiger partial charge in [0.1, 0.15) is 17.2 Å². The number of carbonyl (C=O) groups is 1. The zero-order chi connectivity index (χ0) is 33.5. The minimum absolute atomic E-state index is 0.240. The molecule has 48 heavy (non-hydrogen) atoms. The van der Waals surface area contributed by atoms with Crippen LogP contribution in [0.4, 0.5) is 23.0 Å². The topological polar surface area (TPSA) is 96.2 Å². The number of rotatable bonds is 10. The zero-order valence-corrected chi connectivity index (χ0v) is 27.3. The Morgan fingerprint density at radius 2 is 1.31 bits per heavy atom. The number of amides is 1. The van der Waals surface area contributed by atoms with Crippen LogP contribution in [0.2, 0.25) is 0 Å². The molecule has 0 atom stereocenters. The number of hydrogen-bond acceptors (Lipinski definition) is 6. The number of carbonyl (C=O) groups excluding carboxylic acids is 1. The van der Waals surface area contributed by atoms with Gasteiger partial charge in [0.15, 0.2) is 0 Å². The van der Waals surface area contributed by atoms with Crippen molar-refractivity contribution in [3.63, 3.8) is 0 Å². The lowest BCUT2D eigenvalue weighted by atomic mass is 9.77. The standard InChI is InChI=1S/C41H38N6O/c1-29-25-35(21-24-39(48)45-37-27-31(28-43-40(37)42)30-19-22-36(23-20-30)47(2)3)44-38(26-29)46-41(32-13-7-4-8-14-32,33-15-9-5-10-16-33)34-17-11-6-12-18-34/h4-28H,1-3H3,(H2,42,43)(H,44,46)(H,45,48)/b24-21+. The molecular weight excluding hydrogens is 592 g/mol. The lowest BCUT2D eigenvalue weighted by Crippen LogP contribution is -2.38. The van der Waals surface area contributed by atoms with Gasteiger partial charge in [-0.15, -0.1) is 0 Å². The maximum absolute atomic E-state index is 13.1. The van der Waals surface area contributed by atoms with E-state index in [0.29, 0.717) is 17.2 Å². The molecule has 4 N–H and O–H groups in total. The minimum atomic E-state index is -0.731. The average Bonchev–Trinajstić information content (AvgIpc) is 3.11. The molecule has 0 aliphatic rings. The van der Waals surface area contributed by atoms with Crippen molar-refractivity contribution in [3.05, 3.63) is 174 Å². The second-order valence-electron chi connectivity index (χ2n) is 11.8. The van der Waals surface area contributed by atoms with E-state index >= 15 is 0 Å². The molecule has 2 aromatic heterocycles. The third-order valence-corrected chi connectivity index (χ3v) is 8.22. The largest absolute Gasteiger partial charge is 0.382 e. The number of nitrogens with two attached hydrogens (primary N) is 1. The summed E-state index contributed by atoms with van der Waals surface area (Å²) in [6.45, 7) is 2.02. The van der Waals surface area contributed by atoms with E-state index in [1.165, 1.54) is 6.08 Å². The number of anilines is 4. The Morgan fingerprint density at radius 3 is 1.85 bits per heavy atom. The van der Waals surface area contributed by atoms with E-state index in [4.69, 9.17) is 10.7 Å². The first-order valence-electron chi connectivity index (χ1n) is 15.8. The monoisotopic (exact) mass is 630 g/mol. The smallest absolute Gasteiger partial charge is 0.248 e. The Hall–Kier alpha value is -6.21. The fraction of sp³-hybridized carbons (Fsp3) is 0.0976. The zero-order valence-electron chi connectivity index (χ0n) is 27.3. The second kappa shape index (κ2) is 14.1. The van der Waals surface area contributed by atoms with Gasteiger partial charge in [-0.1, -0.05) is 103 Å². The summed E-state index contributed by atoms with van der Waals surface area (Å²) in [5.74, 6) is 0.575. The Bertz CT molecular complexity index is 1930. The Morgan fingerprint density at radius 1 is 0.750 bits per heavy atom. The highest BCUT2D eigenvalue weighted by molar-refractivity contribution is 6.03. The highest BCUT2D eigenvalue weighted by Crippen LogP contribution is 2.40. The summed E-state index contributed by atoms with van der Waals surface area (Å²) in [4.78, 5) is 24.4. The number of aryl methyl sites for hydroxylation is 1. The Kier molecular flexibility index (Phi) is 9.30. The third kappa shape index (κ3) is 6.95. The van der Waals surface area contributed by atoms with E-state index < -0.39 is 5.54 Å². The van der Waals surface area contributed by atoms with Crippen LogP contribution < -0.4 is 21.3 Å². The van der Waals surface area contributed by atoms with Crippen molar-refractivity contribution in [1.29, 1.82) is 0 Å². The molecule has 4 aromatic carbocycles. The van der Waals surface area contributed by atoms with Crippen LogP contribution in [0.15, 0.2) is 146 Å². The van der Waals surface area contributed by atoms with E-state index in [2.05, 4.69) is 52.0 Å². The van der Waals surface area contributed by atoms with Gasteiger partial charge in [-0.2, -0.15) is 0 Å². The van der Waals surface area contributed by atoms with Crippen molar-refractivity contribution in [2.75, 3.05) is 35.4 Å². The highest BCUT2D eigenvalue weighted by Gasteiger charge is 2.36. The molecule has 0 spiro atoms. The minimum Gasteiger partial charge on any atom is -0.382 e. The molecule has 0 bridgehead atoms. The molecule has 6 rings (SSSR count). The lowest BCUT2D eigenvalue weighted by Gasteiger charge is -2.37. The van der Waals surface area contributed by atoms with Crippen molar-refractivity contribution >= 4 is 35.0 Å². The molecule has 0 saturated heterocycles. The van der Waals surface area contributed by atoms with E-state index in [-0.39, 0.29) is 11.7 Å². The van der Waals surface area contributed by atoms with Crippen molar-refractivity contribution in [2.45, 2.75) is 12.5 Å². The van der Waals surface area contributed by atoms with Gasteiger partial charge in [-0.25, -0.2) is 9.97 Å². The van der Waals surface area contributed by atoms with E-state index in [0.717, 1.165) is 39.1 Å². The van der Waals surface area contributed by atoms with E-state index in [1.807, 2.05) is 123 Å². The fourth-order valence-corrected chi connectivity index (χ4v) is 5.84. The van der Waals surface area contributed by atoms with E-state index in [9.17, 15) is 4.79 Å². The van der Waals surface area contributed by atoms with Crippen molar-refractivity contribution in [2.24, 2.45) is 0 Å². The molecule has 7 nitrogen and oxygen atoms in total. The van der Waals surface area contributed by atoms with Crippen molar-refractivity contribution in [1.82, 2.24) is 9.97 Å². The lowest BCUT2D eigenvalue weighted by molar-refractivity contribution is -0.111. The number of nitrogen functional groups attached to an aromatic ring is 1. The molecule has 2 heterocycles. The summed E-state index contributed by atoms with van der Waals surface area (Å²) in [7, 11) is 4.00. The summed E-state index contributed by atoms with van der Waals surface area (Å²) in [6.07, 6.45) is 4.87. The summed E-state index contributed by atoms with van der Waals surface area (Å²) in [5, 5.41) is 6.70. The molecule has 0 unspecified atom stereocenters. The number of nitrogens with zero attached hydrogens (tertiary/aromatic N) is 3. The van der Waals surface area contributed by atoms with Gasteiger partial charge < -0.3 is 21.3 Å². The quantitative estimate of drug-likeness (QED) is 0.104. The molecule has 6 aromatic rings. The second-order valence-corrected chi connectivity index (χ2v) is 11.8. The first-order chi connectivity index (χ1) is 23.3. The normalized spacial score (nSPS) is 11.3. The first kappa shape index (κ1) is 31.8. The van der Waals surface area contributed by atoms with Gasteiger partial charge in [0.25, 0.3) is 0 Å². The van der Waals surface area contributed by atoms with Crippen LogP contribution in [0.25, 0.3) is 17.2 Å². The molecule has 0 saturated carbocycles. The van der Waals surface area contributed by atoms with Crippen LogP contribution in [0.5, 0.6) is 0 Å². The van der Waals surface area contributed by atoms with Crippen LogP contribution in [-0.4, -0.2) is 30.0 Å². The molecule has 238 valence electrons. The number of nitrogens with one attached hydrogen (secondary N) is 2. The number of benzene rings is 4. The van der Waals surface area contributed by atoms with Gasteiger partial charge in [-0.05, 0) is 71.1 Å². The average molecular weight is 631 g/mol. The summed E-state index contributed by atoms with van der Waals surface area (Å²) in [5.41, 5.74) is 13.6. The summed E-state index contributed by atoms with van der Waals surface area (Å²) >= 11 is 0. The molecule has 0 fully saturated rings. The third-order valence-electron chi connectivity index (χ3n) is 8.22. The predicted molar refractivity (Wildman–Crippen MR) is 198 cm³/mol. The van der Waals surface area contributed by atoms with Gasteiger partial charge in [-0.3, -0.25) is 4.79 Å². The molecular formula is C41H38N6O. The van der Waals surface area contributed by atoms with Crippen LogP contribution in [0, 0.1) is 6.92 Å². The molecule has 0 radical (unpaired) electrons. The number of aromatic nitrogens is 2. The maximum Gasteiger partial charge on any atom is 0.248 e. The molecule has 7 heteroatoms. The van der Waals surface area contributed by atoms with Gasteiger partial charge in [0.2, 0.25) is 5.91 Å². The van der Waals surface area contributed by atoms with Crippen LogP contribution in [0.1, 0.15) is 27.9 Å². The SMILES string of the molecule is Cc1cc(/C=C/C(=O)Nc2cc(-c3ccc(N(C)C)cc3)cnc2N)nc(NC(c2ccccc2)(c2ccccc2)c2ccccc2)c1. The van der Waals surface area contributed by atoms with Crippen LogP contribution in [0.3, 0.4) is 0 Å². The van der Waals surface area contributed by atoms with Gasteiger partial charge in [0, 0.05) is 37.6 Å². The van der Waals surface area contributed by atoms with Gasteiger partial charge in [0.05, 0.1) is 11.4 Å². The number of hydrogen-bond donors (Lipinski definition) is 3. The van der Waals surface area contributed by atoms with Crippen molar-refractivity contribution < 1.29 is 4.79 Å². The van der Waals surface area contributed by atoms with E-state index in [1.54, 1.807) is 12.3 Å². The summed E-state index contributed by atoms with van der Waals surface area (Å²) in [6, 6.07) is 45.0. The predicted octanol–water partition coefficient (Wildman–Crippen LogP) is 8.16. The maximum atomic E-state index is 13.1. The fourth-order valence-electron chi connectivity index (χ4n) is 5.84. The Labute approximate surface area is 281 Å². The first-order valence-corrected chi connectivity index (χ1v) is 15.8. The molecule has 0 aliphatic carbocycles. The Balaban J connectivity index is 1.29. The van der Waals surface area contributed by atoms with Crippen molar-refractivity contribution in [3.8, 4) is 11.1 Å². The molecule has 0 aliphatic heterocycles. The number of pyridine rings is 2. The summed E-state index contributed by atoms with van der Waals surface area (Å²) < 4.78 is 0. The highest BCUT2D eigenvalue weighted by atomic mass is 16.1. The van der Waals surface area contributed by atoms with Crippen LogP contribution >= 0.6 is 0 Å². The van der Waals surface area contributed by atoms with Crippen LogP contribution in [-0.2, 0) is 10.3 Å². The molecule has 1 amide bonds.